The van der Waals surface area contributed by atoms with Crippen LogP contribution in [0, 0.1) is 0 Å². The Kier molecular flexibility index (Phi) is 5.89. The molecule has 5 heteroatoms. The van der Waals surface area contributed by atoms with Crippen molar-refractivity contribution in [1.29, 1.82) is 0 Å². The van der Waals surface area contributed by atoms with E-state index in [1.54, 1.807) is 0 Å². The molecule has 3 nitrogen and oxygen atoms in total. The summed E-state index contributed by atoms with van der Waals surface area (Å²) in [5.74, 6) is 0. The standard InChI is InChI=1S/C19H17Br2NO2/c20-16-17(21)19(15-9-5-2-6-10-15)22(13-24-12-11-23)18(16)14-7-3-1-4-8-14/h1-10,23H,11-13H2. The van der Waals surface area contributed by atoms with Gasteiger partial charge in [-0.1, -0.05) is 60.7 Å². The van der Waals surface area contributed by atoms with Crippen LogP contribution in [-0.2, 0) is 11.5 Å². The molecule has 0 aliphatic carbocycles. The summed E-state index contributed by atoms with van der Waals surface area (Å²) in [6.45, 7) is 0.667. The third-order valence-corrected chi connectivity index (χ3v) is 5.78. The van der Waals surface area contributed by atoms with Crippen LogP contribution in [0.25, 0.3) is 22.5 Å². The smallest absolute Gasteiger partial charge is 0.123 e. The highest BCUT2D eigenvalue weighted by molar-refractivity contribution is 9.13. The Morgan fingerprint density at radius 1 is 0.792 bits per heavy atom. The number of hydrogen-bond acceptors (Lipinski definition) is 2. The Morgan fingerprint density at radius 2 is 1.25 bits per heavy atom. The van der Waals surface area contributed by atoms with Crippen molar-refractivity contribution in [1.82, 2.24) is 4.57 Å². The molecule has 0 radical (unpaired) electrons. The summed E-state index contributed by atoms with van der Waals surface area (Å²) in [5, 5.41) is 9.02. The molecule has 1 heterocycles. The first-order valence-corrected chi connectivity index (χ1v) is 9.19. The third kappa shape index (κ3) is 3.49. The maximum Gasteiger partial charge on any atom is 0.123 e. The van der Waals surface area contributed by atoms with E-state index in [2.05, 4.69) is 60.7 Å². The fourth-order valence-corrected chi connectivity index (χ4v) is 3.92. The Balaban J connectivity index is 2.18. The number of aliphatic hydroxyl groups is 1. The SMILES string of the molecule is OCCOCn1c(-c2ccccc2)c(Br)c(Br)c1-c1ccccc1. The average molecular weight is 451 g/mol. The molecule has 24 heavy (non-hydrogen) atoms. The summed E-state index contributed by atoms with van der Waals surface area (Å²) in [7, 11) is 0. The van der Waals surface area contributed by atoms with Gasteiger partial charge in [0, 0.05) is 0 Å². The van der Waals surface area contributed by atoms with Crippen molar-refractivity contribution in [2.45, 2.75) is 6.73 Å². The minimum absolute atomic E-state index is 0.00491. The lowest BCUT2D eigenvalue weighted by molar-refractivity contribution is 0.0499. The van der Waals surface area contributed by atoms with Crippen molar-refractivity contribution in [3.8, 4) is 22.5 Å². The van der Waals surface area contributed by atoms with E-state index >= 15 is 0 Å². The normalized spacial score (nSPS) is 11.0. The maximum absolute atomic E-state index is 9.02. The van der Waals surface area contributed by atoms with E-state index in [-0.39, 0.29) is 6.61 Å². The molecular weight excluding hydrogens is 434 g/mol. The number of ether oxygens (including phenoxy) is 1. The number of aromatic nitrogens is 1. The van der Waals surface area contributed by atoms with E-state index in [0.717, 1.165) is 31.5 Å². The van der Waals surface area contributed by atoms with Crippen molar-refractivity contribution >= 4 is 31.9 Å². The molecule has 3 aromatic rings. The average Bonchev–Trinajstić information content (AvgIpc) is 2.87. The van der Waals surface area contributed by atoms with Gasteiger partial charge in [0.25, 0.3) is 0 Å². The van der Waals surface area contributed by atoms with Gasteiger partial charge in [0.05, 0.1) is 33.5 Å². The molecule has 0 saturated carbocycles. The highest BCUT2D eigenvalue weighted by Gasteiger charge is 2.22. The van der Waals surface area contributed by atoms with Crippen LogP contribution in [0.1, 0.15) is 0 Å². The number of benzene rings is 2. The first-order chi connectivity index (χ1) is 11.7. The predicted molar refractivity (Wildman–Crippen MR) is 104 cm³/mol. The second-order valence-corrected chi connectivity index (χ2v) is 6.83. The van der Waals surface area contributed by atoms with Gasteiger partial charge in [-0.25, -0.2) is 0 Å². The van der Waals surface area contributed by atoms with Crippen molar-refractivity contribution in [2.24, 2.45) is 0 Å². The molecule has 1 aromatic heterocycles. The molecule has 0 aliphatic heterocycles. The molecule has 0 amide bonds. The quantitative estimate of drug-likeness (QED) is 0.516. The molecule has 0 spiro atoms. The third-order valence-electron chi connectivity index (χ3n) is 3.70. The highest BCUT2D eigenvalue weighted by atomic mass is 79.9. The van der Waals surface area contributed by atoms with E-state index in [9.17, 15) is 0 Å². The summed E-state index contributed by atoms with van der Waals surface area (Å²) < 4.78 is 9.72. The van der Waals surface area contributed by atoms with Crippen LogP contribution in [0.4, 0.5) is 0 Å². The molecule has 0 saturated heterocycles. The zero-order valence-electron chi connectivity index (χ0n) is 13.0. The highest BCUT2D eigenvalue weighted by Crippen LogP contribution is 2.43. The zero-order valence-corrected chi connectivity index (χ0v) is 16.1. The molecule has 0 atom stereocenters. The van der Waals surface area contributed by atoms with Gasteiger partial charge in [0.15, 0.2) is 0 Å². The predicted octanol–water partition coefficient (Wildman–Crippen LogP) is 5.31. The number of rotatable bonds is 6. The fourth-order valence-electron chi connectivity index (χ4n) is 2.66. The topological polar surface area (TPSA) is 34.4 Å². The van der Waals surface area contributed by atoms with Gasteiger partial charge in [0.2, 0.25) is 0 Å². The number of aliphatic hydroxyl groups excluding tert-OH is 1. The summed E-state index contributed by atoms with van der Waals surface area (Å²) in [6, 6.07) is 20.4. The Labute approximate surface area is 158 Å². The summed E-state index contributed by atoms with van der Waals surface area (Å²) >= 11 is 7.44. The molecule has 124 valence electrons. The second kappa shape index (κ2) is 8.12. The van der Waals surface area contributed by atoms with Gasteiger partial charge < -0.3 is 14.4 Å². The van der Waals surface area contributed by atoms with Crippen LogP contribution in [0.15, 0.2) is 69.6 Å². The van der Waals surface area contributed by atoms with Crippen molar-refractivity contribution in [2.75, 3.05) is 13.2 Å². The summed E-state index contributed by atoms with van der Waals surface area (Å²) in [6.07, 6.45) is 0. The molecule has 0 fully saturated rings. The summed E-state index contributed by atoms with van der Waals surface area (Å²) in [4.78, 5) is 0. The molecule has 0 aliphatic rings. The van der Waals surface area contributed by atoms with E-state index in [0.29, 0.717) is 13.3 Å². The summed E-state index contributed by atoms with van der Waals surface area (Å²) in [5.41, 5.74) is 4.28. The van der Waals surface area contributed by atoms with E-state index in [4.69, 9.17) is 9.84 Å². The first kappa shape index (κ1) is 17.4. The Bertz CT molecular complexity index is 738. The monoisotopic (exact) mass is 449 g/mol. The molecular formula is C19H17Br2NO2. The molecule has 1 N–H and O–H groups in total. The van der Waals surface area contributed by atoms with Gasteiger partial charge in [-0.05, 0) is 43.0 Å². The lowest BCUT2D eigenvalue weighted by Crippen LogP contribution is -2.08. The van der Waals surface area contributed by atoms with Gasteiger partial charge in [-0.15, -0.1) is 0 Å². The van der Waals surface area contributed by atoms with E-state index < -0.39 is 0 Å². The van der Waals surface area contributed by atoms with Crippen LogP contribution in [0.2, 0.25) is 0 Å². The lowest BCUT2D eigenvalue weighted by Gasteiger charge is -2.14. The molecule has 2 aromatic carbocycles. The van der Waals surface area contributed by atoms with Crippen molar-refractivity contribution < 1.29 is 9.84 Å². The van der Waals surface area contributed by atoms with E-state index in [1.165, 1.54) is 0 Å². The zero-order chi connectivity index (χ0) is 16.9. The molecule has 0 unspecified atom stereocenters. The number of hydrogen-bond donors (Lipinski definition) is 1. The fraction of sp³-hybridized carbons (Fsp3) is 0.158. The maximum atomic E-state index is 9.02. The number of halogens is 2. The van der Waals surface area contributed by atoms with Crippen LogP contribution in [0.5, 0.6) is 0 Å². The molecule has 3 rings (SSSR count). The van der Waals surface area contributed by atoms with Gasteiger partial charge >= 0.3 is 0 Å². The number of nitrogens with zero attached hydrogens (tertiary/aromatic N) is 1. The van der Waals surface area contributed by atoms with Crippen LogP contribution in [0.3, 0.4) is 0 Å². The van der Waals surface area contributed by atoms with Gasteiger partial charge in [0.1, 0.15) is 6.73 Å². The second-order valence-electron chi connectivity index (χ2n) is 5.25. The van der Waals surface area contributed by atoms with Crippen LogP contribution >= 0.6 is 31.9 Å². The minimum atomic E-state index is 0.00491. The van der Waals surface area contributed by atoms with Gasteiger partial charge in [-0.3, -0.25) is 0 Å². The van der Waals surface area contributed by atoms with Gasteiger partial charge in [-0.2, -0.15) is 0 Å². The molecule has 0 bridgehead atoms. The van der Waals surface area contributed by atoms with Crippen molar-refractivity contribution in [3.05, 3.63) is 69.6 Å². The largest absolute Gasteiger partial charge is 0.394 e. The van der Waals surface area contributed by atoms with E-state index in [1.807, 2.05) is 36.4 Å². The Morgan fingerprint density at radius 3 is 1.67 bits per heavy atom. The minimum Gasteiger partial charge on any atom is -0.394 e. The van der Waals surface area contributed by atoms with Crippen LogP contribution < -0.4 is 0 Å². The first-order valence-electron chi connectivity index (χ1n) is 7.61. The lowest BCUT2D eigenvalue weighted by atomic mass is 10.1. The van der Waals surface area contributed by atoms with Crippen molar-refractivity contribution in [3.63, 3.8) is 0 Å². The Hall–Kier alpha value is -1.40. The van der Waals surface area contributed by atoms with Crippen LogP contribution in [-0.4, -0.2) is 22.9 Å².